The molecule has 1 aromatic carbocycles. The van der Waals surface area contributed by atoms with E-state index < -0.39 is 11.6 Å². The maximum Gasteiger partial charge on any atom is 0.129 e. The Morgan fingerprint density at radius 2 is 2.05 bits per heavy atom. The summed E-state index contributed by atoms with van der Waals surface area (Å²) in [4.78, 5) is 0. The van der Waals surface area contributed by atoms with Crippen molar-refractivity contribution in [2.45, 2.75) is 44.7 Å². The molecule has 106 valence electrons. The zero-order valence-corrected chi connectivity index (χ0v) is 11.4. The normalized spacial score (nSPS) is 21.3. The van der Waals surface area contributed by atoms with Crippen LogP contribution in [-0.4, -0.2) is 25.2 Å². The van der Waals surface area contributed by atoms with Crippen LogP contribution in [0.5, 0.6) is 0 Å². The molecule has 2 N–H and O–H groups in total. The van der Waals surface area contributed by atoms with E-state index in [1.54, 1.807) is 0 Å². The van der Waals surface area contributed by atoms with Gasteiger partial charge in [0.25, 0.3) is 0 Å². The van der Waals surface area contributed by atoms with Crippen molar-refractivity contribution in [3.8, 4) is 0 Å². The standard InChI is InChI=1S/C15H22F2N2/c1-11(19-10-12-5-2-3-8-18-12)9-13-14(16)6-4-7-15(13)17/h4,6-7,11-12,18-19H,2-3,5,8-10H2,1H3. The summed E-state index contributed by atoms with van der Waals surface area (Å²) in [5.41, 5.74) is 0.180. The lowest BCUT2D eigenvalue weighted by atomic mass is 10.0. The van der Waals surface area contributed by atoms with Gasteiger partial charge in [-0.25, -0.2) is 8.78 Å². The minimum Gasteiger partial charge on any atom is -0.313 e. The fraction of sp³-hybridized carbons (Fsp3) is 0.600. The highest BCUT2D eigenvalue weighted by molar-refractivity contribution is 5.20. The molecular weight excluding hydrogens is 246 g/mol. The van der Waals surface area contributed by atoms with Gasteiger partial charge in [-0.1, -0.05) is 12.5 Å². The van der Waals surface area contributed by atoms with Gasteiger partial charge in [-0.3, -0.25) is 0 Å². The first-order valence-corrected chi connectivity index (χ1v) is 7.06. The van der Waals surface area contributed by atoms with Crippen LogP contribution in [0, 0.1) is 11.6 Å². The summed E-state index contributed by atoms with van der Waals surface area (Å²) in [5, 5.41) is 6.81. The summed E-state index contributed by atoms with van der Waals surface area (Å²) in [5.74, 6) is -0.908. The molecule has 2 atom stereocenters. The Hall–Kier alpha value is -1.00. The molecule has 1 aliphatic heterocycles. The molecule has 0 aliphatic carbocycles. The van der Waals surface area contributed by atoms with E-state index in [0.29, 0.717) is 12.5 Å². The highest BCUT2D eigenvalue weighted by Crippen LogP contribution is 2.14. The van der Waals surface area contributed by atoms with Crippen LogP contribution in [0.15, 0.2) is 18.2 Å². The predicted molar refractivity (Wildman–Crippen MR) is 73.2 cm³/mol. The summed E-state index contributed by atoms with van der Waals surface area (Å²) in [7, 11) is 0. The lowest BCUT2D eigenvalue weighted by Crippen LogP contribution is -2.44. The number of piperidine rings is 1. The van der Waals surface area contributed by atoms with Crippen molar-refractivity contribution >= 4 is 0 Å². The number of hydrogen-bond acceptors (Lipinski definition) is 2. The van der Waals surface area contributed by atoms with Gasteiger partial charge in [-0.2, -0.15) is 0 Å². The topological polar surface area (TPSA) is 24.1 Å². The van der Waals surface area contributed by atoms with Gasteiger partial charge in [0, 0.05) is 24.2 Å². The minimum absolute atomic E-state index is 0.0649. The fourth-order valence-corrected chi connectivity index (χ4v) is 2.55. The molecule has 0 aromatic heterocycles. The average Bonchev–Trinajstić information content (AvgIpc) is 2.42. The highest BCUT2D eigenvalue weighted by atomic mass is 19.1. The second-order valence-electron chi connectivity index (χ2n) is 5.36. The zero-order valence-electron chi connectivity index (χ0n) is 11.4. The summed E-state index contributed by atoms with van der Waals surface area (Å²) < 4.78 is 27.1. The number of rotatable bonds is 5. The zero-order chi connectivity index (χ0) is 13.7. The molecular formula is C15H22F2N2. The molecule has 0 amide bonds. The van der Waals surface area contributed by atoms with Crippen molar-refractivity contribution in [2.24, 2.45) is 0 Å². The summed E-state index contributed by atoms with van der Waals surface area (Å²) >= 11 is 0. The van der Waals surface area contributed by atoms with Crippen molar-refractivity contribution in [1.82, 2.24) is 10.6 Å². The van der Waals surface area contributed by atoms with E-state index in [2.05, 4.69) is 10.6 Å². The molecule has 2 nitrogen and oxygen atoms in total. The molecule has 0 bridgehead atoms. The molecule has 1 aromatic rings. The second kappa shape index (κ2) is 6.96. The van der Waals surface area contributed by atoms with Gasteiger partial charge in [0.05, 0.1) is 0 Å². The Morgan fingerprint density at radius 1 is 1.32 bits per heavy atom. The van der Waals surface area contributed by atoms with E-state index in [1.165, 1.54) is 37.5 Å². The largest absolute Gasteiger partial charge is 0.313 e. The molecule has 4 heteroatoms. The SMILES string of the molecule is CC(Cc1c(F)cccc1F)NCC1CCCCN1. The molecule has 1 fully saturated rings. The van der Waals surface area contributed by atoms with E-state index in [1.807, 2.05) is 6.92 Å². The maximum absolute atomic E-state index is 13.5. The van der Waals surface area contributed by atoms with E-state index in [9.17, 15) is 8.78 Å². The van der Waals surface area contributed by atoms with Crippen molar-refractivity contribution in [1.29, 1.82) is 0 Å². The third-order valence-electron chi connectivity index (χ3n) is 3.70. The van der Waals surface area contributed by atoms with Crippen LogP contribution in [-0.2, 0) is 6.42 Å². The van der Waals surface area contributed by atoms with Gasteiger partial charge >= 0.3 is 0 Å². The van der Waals surface area contributed by atoms with Crippen LogP contribution in [0.4, 0.5) is 8.78 Å². The van der Waals surface area contributed by atoms with Crippen LogP contribution in [0.1, 0.15) is 31.7 Å². The van der Waals surface area contributed by atoms with E-state index in [-0.39, 0.29) is 11.6 Å². The third kappa shape index (κ3) is 4.25. The fourth-order valence-electron chi connectivity index (χ4n) is 2.55. The van der Waals surface area contributed by atoms with Crippen molar-refractivity contribution in [3.05, 3.63) is 35.4 Å². The molecule has 2 unspecified atom stereocenters. The Morgan fingerprint density at radius 3 is 2.68 bits per heavy atom. The van der Waals surface area contributed by atoms with Crippen molar-refractivity contribution < 1.29 is 8.78 Å². The van der Waals surface area contributed by atoms with Crippen LogP contribution >= 0.6 is 0 Å². The Labute approximate surface area is 113 Å². The van der Waals surface area contributed by atoms with Gasteiger partial charge in [0.1, 0.15) is 11.6 Å². The Bertz CT molecular complexity index is 383. The van der Waals surface area contributed by atoms with Crippen molar-refractivity contribution in [3.63, 3.8) is 0 Å². The van der Waals surface area contributed by atoms with Crippen LogP contribution in [0.3, 0.4) is 0 Å². The van der Waals surface area contributed by atoms with Gasteiger partial charge in [-0.15, -0.1) is 0 Å². The lowest BCUT2D eigenvalue weighted by molar-refractivity contribution is 0.367. The lowest BCUT2D eigenvalue weighted by Gasteiger charge is -2.25. The summed E-state index contributed by atoms with van der Waals surface area (Å²) in [6.07, 6.45) is 4.06. The summed E-state index contributed by atoms with van der Waals surface area (Å²) in [6.45, 7) is 3.90. The molecule has 1 saturated heterocycles. The first-order valence-electron chi connectivity index (χ1n) is 7.06. The van der Waals surface area contributed by atoms with Gasteiger partial charge in [-0.05, 0) is 44.9 Å². The molecule has 0 saturated carbocycles. The number of halogens is 2. The molecule has 19 heavy (non-hydrogen) atoms. The number of nitrogens with one attached hydrogen (secondary N) is 2. The van der Waals surface area contributed by atoms with Crippen LogP contribution in [0.25, 0.3) is 0 Å². The Balaban J connectivity index is 1.82. The Kier molecular flexibility index (Phi) is 5.28. The van der Waals surface area contributed by atoms with Gasteiger partial charge in [0.15, 0.2) is 0 Å². The molecule has 2 rings (SSSR count). The summed E-state index contributed by atoms with van der Waals surface area (Å²) in [6, 6.07) is 4.58. The predicted octanol–water partition coefficient (Wildman–Crippen LogP) is 2.63. The first kappa shape index (κ1) is 14.4. The maximum atomic E-state index is 13.5. The molecule has 0 spiro atoms. The van der Waals surface area contributed by atoms with E-state index in [0.717, 1.165) is 13.1 Å². The van der Waals surface area contributed by atoms with E-state index in [4.69, 9.17) is 0 Å². The highest BCUT2D eigenvalue weighted by Gasteiger charge is 2.15. The smallest absolute Gasteiger partial charge is 0.129 e. The number of benzene rings is 1. The minimum atomic E-state index is -0.454. The van der Waals surface area contributed by atoms with Gasteiger partial charge < -0.3 is 10.6 Å². The second-order valence-corrected chi connectivity index (χ2v) is 5.36. The molecule has 0 radical (unpaired) electrons. The van der Waals surface area contributed by atoms with Gasteiger partial charge in [0.2, 0.25) is 0 Å². The van der Waals surface area contributed by atoms with Crippen LogP contribution < -0.4 is 10.6 Å². The average molecular weight is 268 g/mol. The molecule has 1 heterocycles. The number of hydrogen-bond donors (Lipinski definition) is 2. The first-order chi connectivity index (χ1) is 9.16. The van der Waals surface area contributed by atoms with Crippen molar-refractivity contribution in [2.75, 3.05) is 13.1 Å². The quantitative estimate of drug-likeness (QED) is 0.858. The van der Waals surface area contributed by atoms with E-state index >= 15 is 0 Å². The monoisotopic (exact) mass is 268 g/mol. The third-order valence-corrected chi connectivity index (χ3v) is 3.70. The van der Waals surface area contributed by atoms with Crippen LogP contribution in [0.2, 0.25) is 0 Å². The molecule has 1 aliphatic rings.